The molecule has 1 aromatic carbocycles. The molecular formula is C16H26N2O2S. The van der Waals surface area contributed by atoms with Gasteiger partial charge in [0.05, 0.1) is 5.75 Å². The Labute approximate surface area is 128 Å². The zero-order valence-corrected chi connectivity index (χ0v) is 13.8. The van der Waals surface area contributed by atoms with E-state index < -0.39 is 10.0 Å². The number of nitrogens with zero attached hydrogens (tertiary/aromatic N) is 1. The summed E-state index contributed by atoms with van der Waals surface area (Å²) < 4.78 is 27.4. The molecule has 5 heteroatoms. The lowest BCUT2D eigenvalue weighted by molar-refractivity contribution is 0.262. The Morgan fingerprint density at radius 2 is 2.00 bits per heavy atom. The van der Waals surface area contributed by atoms with Gasteiger partial charge in [0.25, 0.3) is 0 Å². The van der Waals surface area contributed by atoms with Gasteiger partial charge in [-0.3, -0.25) is 0 Å². The van der Waals surface area contributed by atoms with Crippen LogP contribution in [-0.4, -0.2) is 38.4 Å². The Kier molecular flexibility index (Phi) is 5.79. The van der Waals surface area contributed by atoms with E-state index in [9.17, 15) is 8.42 Å². The monoisotopic (exact) mass is 310 g/mol. The van der Waals surface area contributed by atoms with Crippen LogP contribution in [-0.2, 0) is 15.8 Å². The van der Waals surface area contributed by atoms with Crippen LogP contribution in [0.4, 0.5) is 0 Å². The highest BCUT2D eigenvalue weighted by atomic mass is 32.2. The predicted octanol–water partition coefficient (Wildman–Crippen LogP) is 2.29. The van der Waals surface area contributed by atoms with Gasteiger partial charge < -0.3 is 5.32 Å². The molecule has 0 saturated carbocycles. The lowest BCUT2D eigenvalue weighted by Gasteiger charge is -2.33. The van der Waals surface area contributed by atoms with Crippen LogP contribution < -0.4 is 5.32 Å². The topological polar surface area (TPSA) is 49.4 Å². The molecule has 0 aliphatic carbocycles. The first-order valence-corrected chi connectivity index (χ1v) is 9.39. The molecular weight excluding hydrogens is 284 g/mol. The number of hydrogen-bond donors (Lipinski definition) is 1. The minimum absolute atomic E-state index is 0.110. The Bertz CT molecular complexity index is 551. The van der Waals surface area contributed by atoms with E-state index in [2.05, 4.69) is 5.32 Å². The number of sulfonamides is 1. The molecule has 0 spiro atoms. The lowest BCUT2D eigenvalue weighted by Crippen LogP contribution is -2.46. The maximum absolute atomic E-state index is 12.8. The first-order chi connectivity index (χ1) is 10.0. The molecule has 0 bridgehead atoms. The molecule has 2 rings (SSSR count). The summed E-state index contributed by atoms with van der Waals surface area (Å²) in [4.78, 5) is 0. The van der Waals surface area contributed by atoms with E-state index in [4.69, 9.17) is 0 Å². The van der Waals surface area contributed by atoms with Gasteiger partial charge in [0.2, 0.25) is 10.0 Å². The summed E-state index contributed by atoms with van der Waals surface area (Å²) in [6.07, 6.45) is 2.68. The van der Waals surface area contributed by atoms with Gasteiger partial charge in [0, 0.05) is 12.6 Å². The van der Waals surface area contributed by atoms with Gasteiger partial charge in [-0.15, -0.1) is 0 Å². The maximum atomic E-state index is 12.8. The normalized spacial score (nSPS) is 17.3. The van der Waals surface area contributed by atoms with E-state index >= 15 is 0 Å². The van der Waals surface area contributed by atoms with Gasteiger partial charge in [0.1, 0.15) is 0 Å². The fraction of sp³-hybridized carbons (Fsp3) is 0.625. The summed E-state index contributed by atoms with van der Waals surface area (Å²) in [6.45, 7) is 6.47. The van der Waals surface area contributed by atoms with E-state index in [0.29, 0.717) is 6.54 Å². The molecule has 1 aromatic rings. The fourth-order valence-corrected chi connectivity index (χ4v) is 4.85. The summed E-state index contributed by atoms with van der Waals surface area (Å²) >= 11 is 0. The zero-order chi connectivity index (χ0) is 15.3. The second kappa shape index (κ2) is 7.38. The van der Waals surface area contributed by atoms with Crippen molar-refractivity contribution in [3.63, 3.8) is 0 Å². The molecule has 21 heavy (non-hydrogen) atoms. The predicted molar refractivity (Wildman–Crippen MR) is 86.7 cm³/mol. The van der Waals surface area contributed by atoms with E-state index in [0.717, 1.165) is 43.5 Å². The first-order valence-electron chi connectivity index (χ1n) is 7.78. The molecule has 118 valence electrons. The van der Waals surface area contributed by atoms with Crippen molar-refractivity contribution in [3.8, 4) is 0 Å². The van der Waals surface area contributed by atoms with E-state index in [1.165, 1.54) is 0 Å². The van der Waals surface area contributed by atoms with Crippen molar-refractivity contribution >= 4 is 10.0 Å². The lowest BCUT2D eigenvalue weighted by atomic mass is 10.1. The number of nitrogens with one attached hydrogen (secondary N) is 1. The largest absolute Gasteiger partial charge is 0.317 e. The van der Waals surface area contributed by atoms with Crippen LogP contribution in [0.3, 0.4) is 0 Å². The standard InChI is InChI=1S/C16H26N2O2S/c1-3-11-18(16-7-9-17-10-8-16)21(19,20)13-15-6-4-5-14(2)12-15/h4-6,12,16-17H,3,7-11,13H2,1-2H3. The molecule has 1 saturated heterocycles. The minimum Gasteiger partial charge on any atom is -0.317 e. The van der Waals surface area contributed by atoms with E-state index in [1.54, 1.807) is 4.31 Å². The number of piperidine rings is 1. The van der Waals surface area contributed by atoms with Crippen LogP contribution in [0.1, 0.15) is 37.3 Å². The molecule has 0 unspecified atom stereocenters. The molecule has 0 aromatic heterocycles. The average Bonchev–Trinajstić information content (AvgIpc) is 2.45. The third-order valence-electron chi connectivity index (χ3n) is 3.95. The van der Waals surface area contributed by atoms with Crippen LogP contribution in [0.25, 0.3) is 0 Å². The highest BCUT2D eigenvalue weighted by Crippen LogP contribution is 2.20. The molecule has 0 radical (unpaired) electrons. The molecule has 1 aliphatic rings. The Morgan fingerprint density at radius 3 is 2.62 bits per heavy atom. The highest BCUT2D eigenvalue weighted by molar-refractivity contribution is 7.88. The van der Waals surface area contributed by atoms with Crippen LogP contribution in [0, 0.1) is 6.92 Å². The first kappa shape index (κ1) is 16.5. The van der Waals surface area contributed by atoms with Crippen molar-refractivity contribution in [1.82, 2.24) is 9.62 Å². The molecule has 4 nitrogen and oxygen atoms in total. The summed E-state index contributed by atoms with van der Waals surface area (Å²) in [5, 5.41) is 3.30. The van der Waals surface area contributed by atoms with Gasteiger partial charge in [0.15, 0.2) is 0 Å². The second-order valence-electron chi connectivity index (χ2n) is 5.84. The van der Waals surface area contributed by atoms with Crippen molar-refractivity contribution in [2.24, 2.45) is 0 Å². The van der Waals surface area contributed by atoms with Gasteiger partial charge >= 0.3 is 0 Å². The Morgan fingerprint density at radius 1 is 1.29 bits per heavy atom. The number of aryl methyl sites for hydroxylation is 1. The van der Waals surface area contributed by atoms with Gasteiger partial charge in [-0.2, -0.15) is 4.31 Å². The molecule has 0 amide bonds. The number of benzene rings is 1. The molecule has 1 fully saturated rings. The van der Waals surface area contributed by atoms with Gasteiger partial charge in [-0.05, 0) is 44.8 Å². The maximum Gasteiger partial charge on any atom is 0.218 e. The highest BCUT2D eigenvalue weighted by Gasteiger charge is 2.30. The summed E-state index contributed by atoms with van der Waals surface area (Å²) in [6, 6.07) is 7.93. The van der Waals surface area contributed by atoms with Crippen molar-refractivity contribution < 1.29 is 8.42 Å². The number of hydrogen-bond acceptors (Lipinski definition) is 3. The number of rotatable bonds is 6. The summed E-state index contributed by atoms with van der Waals surface area (Å²) in [7, 11) is -3.25. The Hall–Kier alpha value is -0.910. The average molecular weight is 310 g/mol. The smallest absolute Gasteiger partial charge is 0.218 e. The van der Waals surface area contributed by atoms with Crippen LogP contribution in [0.15, 0.2) is 24.3 Å². The van der Waals surface area contributed by atoms with E-state index in [1.807, 2.05) is 38.1 Å². The van der Waals surface area contributed by atoms with Crippen molar-refractivity contribution in [2.75, 3.05) is 19.6 Å². The van der Waals surface area contributed by atoms with Crippen molar-refractivity contribution in [2.45, 2.75) is 44.9 Å². The van der Waals surface area contributed by atoms with Gasteiger partial charge in [-0.1, -0.05) is 36.8 Å². The third-order valence-corrected chi connectivity index (χ3v) is 5.84. The molecule has 0 atom stereocenters. The summed E-state index contributed by atoms with van der Waals surface area (Å²) in [5.74, 6) is 0.110. The molecule has 1 N–H and O–H groups in total. The third kappa shape index (κ3) is 4.53. The minimum atomic E-state index is -3.25. The zero-order valence-electron chi connectivity index (χ0n) is 13.0. The quantitative estimate of drug-likeness (QED) is 0.877. The van der Waals surface area contributed by atoms with Crippen LogP contribution >= 0.6 is 0 Å². The fourth-order valence-electron chi connectivity index (χ4n) is 2.96. The summed E-state index contributed by atoms with van der Waals surface area (Å²) in [5.41, 5.74) is 1.98. The molecule has 1 heterocycles. The van der Waals surface area contributed by atoms with Gasteiger partial charge in [-0.25, -0.2) is 8.42 Å². The second-order valence-corrected chi connectivity index (χ2v) is 7.76. The Balaban J connectivity index is 2.16. The van der Waals surface area contributed by atoms with Crippen molar-refractivity contribution in [1.29, 1.82) is 0 Å². The molecule has 1 aliphatic heterocycles. The SMILES string of the molecule is CCCN(C1CCNCC1)S(=O)(=O)Cc1cccc(C)c1. The van der Waals surface area contributed by atoms with Crippen LogP contribution in [0.5, 0.6) is 0 Å². The van der Waals surface area contributed by atoms with Crippen molar-refractivity contribution in [3.05, 3.63) is 35.4 Å². The van der Waals surface area contributed by atoms with Crippen LogP contribution in [0.2, 0.25) is 0 Å². The van der Waals surface area contributed by atoms with E-state index in [-0.39, 0.29) is 11.8 Å².